The van der Waals surface area contributed by atoms with Crippen molar-refractivity contribution >= 4 is 31.0 Å². The van der Waals surface area contributed by atoms with Gasteiger partial charge in [0.2, 0.25) is 0 Å². The molecule has 0 fully saturated rings. The van der Waals surface area contributed by atoms with E-state index in [0.717, 1.165) is 5.56 Å². The Morgan fingerprint density at radius 3 is 1.81 bits per heavy atom. The van der Waals surface area contributed by atoms with Crippen molar-refractivity contribution in [1.82, 2.24) is 0 Å². The third kappa shape index (κ3) is 4.62. The van der Waals surface area contributed by atoms with Gasteiger partial charge in [-0.05, 0) is 53.3 Å². The second kappa shape index (κ2) is 7.26. The number of fused-ring (bicyclic) bond motifs is 1. The first kappa shape index (κ1) is 20.8. The molecule has 0 atom stereocenters. The molecule has 2 N–H and O–H groups in total. The molecule has 144 valence electrons. The highest BCUT2D eigenvalue weighted by atomic mass is 32.2. The first-order chi connectivity index (χ1) is 11.8. The standard InChI is InChI=1S/C18H24O6S2/c1-11(2)7-13-5-6-14-10-15(8-12(3)4)17(25(19,20)21)18(16(14)9-13)26(22,23)24/h5-6,9-12H,7-8H2,1-4H3,(H,19,20,21)(H,22,23,24). The fourth-order valence-corrected chi connectivity index (χ4v) is 5.45. The van der Waals surface area contributed by atoms with Gasteiger partial charge in [-0.15, -0.1) is 0 Å². The first-order valence-electron chi connectivity index (χ1n) is 8.34. The number of hydrogen-bond donors (Lipinski definition) is 2. The van der Waals surface area contributed by atoms with Gasteiger partial charge >= 0.3 is 0 Å². The summed E-state index contributed by atoms with van der Waals surface area (Å²) in [6.07, 6.45) is 0.900. The molecule has 0 amide bonds. The third-order valence-electron chi connectivity index (χ3n) is 3.98. The maximum absolute atomic E-state index is 12.1. The van der Waals surface area contributed by atoms with Crippen molar-refractivity contribution in [1.29, 1.82) is 0 Å². The van der Waals surface area contributed by atoms with Crippen LogP contribution in [0.5, 0.6) is 0 Å². The number of hydrogen-bond acceptors (Lipinski definition) is 4. The predicted molar refractivity (Wildman–Crippen MR) is 101 cm³/mol. The largest absolute Gasteiger partial charge is 0.296 e. The average molecular weight is 401 g/mol. The van der Waals surface area contributed by atoms with Gasteiger partial charge in [0.15, 0.2) is 0 Å². The Bertz CT molecular complexity index is 1040. The molecule has 0 heterocycles. The Morgan fingerprint density at radius 2 is 1.35 bits per heavy atom. The lowest BCUT2D eigenvalue weighted by Gasteiger charge is -2.16. The minimum absolute atomic E-state index is 0.0161. The molecule has 0 spiro atoms. The molecule has 0 aromatic heterocycles. The summed E-state index contributed by atoms with van der Waals surface area (Å²) in [5.41, 5.74) is 0.981. The summed E-state index contributed by atoms with van der Waals surface area (Å²) in [4.78, 5) is -1.48. The van der Waals surface area contributed by atoms with Crippen LogP contribution in [0, 0.1) is 11.8 Å². The van der Waals surface area contributed by atoms with Crippen molar-refractivity contribution < 1.29 is 25.9 Å². The van der Waals surface area contributed by atoms with Gasteiger partial charge in [0.05, 0.1) is 0 Å². The fourth-order valence-electron chi connectivity index (χ4n) is 3.18. The molecule has 2 aromatic rings. The van der Waals surface area contributed by atoms with E-state index in [1.165, 1.54) is 0 Å². The first-order valence-corrected chi connectivity index (χ1v) is 11.2. The molecule has 8 heteroatoms. The molecule has 0 unspecified atom stereocenters. The molecule has 0 saturated carbocycles. The Hall–Kier alpha value is -1.48. The van der Waals surface area contributed by atoms with Crippen LogP contribution in [0.25, 0.3) is 10.8 Å². The van der Waals surface area contributed by atoms with Crippen LogP contribution in [0.1, 0.15) is 38.8 Å². The van der Waals surface area contributed by atoms with Gasteiger partial charge in [-0.3, -0.25) is 9.11 Å². The van der Waals surface area contributed by atoms with Crippen molar-refractivity contribution in [3.8, 4) is 0 Å². The molecular weight excluding hydrogens is 376 g/mol. The summed E-state index contributed by atoms with van der Waals surface area (Å²) in [6, 6.07) is 6.68. The van der Waals surface area contributed by atoms with Gasteiger partial charge in [-0.25, -0.2) is 0 Å². The quantitative estimate of drug-likeness (QED) is 0.715. The van der Waals surface area contributed by atoms with Gasteiger partial charge in [-0.2, -0.15) is 16.8 Å². The topological polar surface area (TPSA) is 109 Å². The summed E-state index contributed by atoms with van der Waals surface area (Å²) < 4.78 is 67.6. The maximum atomic E-state index is 12.1. The summed E-state index contributed by atoms with van der Waals surface area (Å²) in [5.74, 6) is 0.324. The van der Waals surface area contributed by atoms with Crippen LogP contribution in [0.15, 0.2) is 34.1 Å². The van der Waals surface area contributed by atoms with E-state index < -0.39 is 30.0 Å². The van der Waals surface area contributed by atoms with E-state index in [1.807, 2.05) is 33.8 Å². The van der Waals surface area contributed by atoms with E-state index >= 15 is 0 Å². The van der Waals surface area contributed by atoms with Crippen LogP contribution in [0.3, 0.4) is 0 Å². The van der Waals surface area contributed by atoms with Crippen LogP contribution in [-0.4, -0.2) is 25.9 Å². The maximum Gasteiger partial charge on any atom is 0.296 e. The van der Waals surface area contributed by atoms with Gasteiger partial charge in [0.1, 0.15) is 9.79 Å². The zero-order valence-electron chi connectivity index (χ0n) is 15.2. The Labute approximate surface area is 154 Å². The molecule has 2 rings (SSSR count). The zero-order chi connectivity index (χ0) is 19.9. The van der Waals surface area contributed by atoms with E-state index in [-0.39, 0.29) is 23.3 Å². The smallest absolute Gasteiger partial charge is 0.282 e. The number of benzene rings is 2. The Balaban J connectivity index is 3.01. The lowest BCUT2D eigenvalue weighted by molar-refractivity contribution is 0.465. The summed E-state index contributed by atoms with van der Waals surface area (Å²) >= 11 is 0. The molecule has 26 heavy (non-hydrogen) atoms. The second-order valence-corrected chi connectivity index (χ2v) is 10.1. The van der Waals surface area contributed by atoms with E-state index in [2.05, 4.69) is 0 Å². The zero-order valence-corrected chi connectivity index (χ0v) is 16.9. The van der Waals surface area contributed by atoms with Crippen LogP contribution in [0.2, 0.25) is 0 Å². The van der Waals surface area contributed by atoms with Crippen LogP contribution >= 0.6 is 0 Å². The Kier molecular flexibility index (Phi) is 5.82. The summed E-state index contributed by atoms with van der Waals surface area (Å²) in [5, 5.41) is 0.582. The van der Waals surface area contributed by atoms with Gasteiger partial charge in [0, 0.05) is 5.39 Å². The van der Waals surface area contributed by atoms with E-state index in [4.69, 9.17) is 0 Å². The lowest BCUT2D eigenvalue weighted by Crippen LogP contribution is -2.14. The molecule has 0 bridgehead atoms. The van der Waals surface area contributed by atoms with Gasteiger partial charge in [-0.1, -0.05) is 39.8 Å². The highest BCUT2D eigenvalue weighted by molar-refractivity contribution is 7.89. The fraction of sp³-hybridized carbons (Fsp3) is 0.444. The normalized spacial score (nSPS) is 13.1. The third-order valence-corrected chi connectivity index (χ3v) is 6.03. The molecule has 6 nitrogen and oxygen atoms in total. The molecule has 0 saturated heterocycles. The predicted octanol–water partition coefficient (Wildman–Crippen LogP) is 3.73. The van der Waals surface area contributed by atoms with Crippen molar-refractivity contribution in [2.24, 2.45) is 11.8 Å². The average Bonchev–Trinajstić information content (AvgIpc) is 2.42. The van der Waals surface area contributed by atoms with Crippen LogP contribution in [0.4, 0.5) is 0 Å². The van der Waals surface area contributed by atoms with Gasteiger partial charge < -0.3 is 0 Å². The SMILES string of the molecule is CC(C)Cc1ccc2cc(CC(C)C)c(S(=O)(=O)O)c(S(=O)(=O)O)c2c1. The molecule has 2 aromatic carbocycles. The number of rotatable bonds is 6. The van der Waals surface area contributed by atoms with Crippen molar-refractivity contribution in [3.63, 3.8) is 0 Å². The van der Waals surface area contributed by atoms with E-state index in [1.54, 1.807) is 18.2 Å². The van der Waals surface area contributed by atoms with Crippen molar-refractivity contribution in [2.75, 3.05) is 0 Å². The lowest BCUT2D eigenvalue weighted by atomic mass is 9.96. The molecular formula is C18H24O6S2. The van der Waals surface area contributed by atoms with E-state index in [9.17, 15) is 25.9 Å². The molecule has 0 aliphatic heterocycles. The summed E-state index contributed by atoms with van der Waals surface area (Å²) in [6.45, 7) is 7.69. The second-order valence-electron chi connectivity index (χ2n) is 7.40. The molecule has 0 radical (unpaired) electrons. The highest BCUT2D eigenvalue weighted by Gasteiger charge is 2.30. The Morgan fingerprint density at radius 1 is 0.808 bits per heavy atom. The van der Waals surface area contributed by atoms with Crippen LogP contribution < -0.4 is 0 Å². The monoisotopic (exact) mass is 400 g/mol. The minimum Gasteiger partial charge on any atom is -0.282 e. The minimum atomic E-state index is -4.89. The molecule has 0 aliphatic carbocycles. The van der Waals surface area contributed by atoms with Crippen molar-refractivity contribution in [2.45, 2.75) is 50.3 Å². The molecule has 0 aliphatic rings. The van der Waals surface area contributed by atoms with Crippen molar-refractivity contribution in [3.05, 3.63) is 35.4 Å². The van der Waals surface area contributed by atoms with E-state index in [0.29, 0.717) is 17.7 Å². The van der Waals surface area contributed by atoms with Crippen LogP contribution in [-0.2, 0) is 33.1 Å². The highest BCUT2D eigenvalue weighted by Crippen LogP contribution is 2.35. The summed E-state index contributed by atoms with van der Waals surface area (Å²) in [7, 11) is -9.75. The van der Waals surface area contributed by atoms with Gasteiger partial charge in [0.25, 0.3) is 20.2 Å².